The summed E-state index contributed by atoms with van der Waals surface area (Å²) in [7, 11) is 3.34. The van der Waals surface area contributed by atoms with Crippen LogP contribution in [0.15, 0.2) is 36.4 Å². The molecule has 4 rings (SSSR count). The molecule has 1 fully saturated rings. The number of piperidine rings is 1. The molecule has 1 aliphatic heterocycles. The van der Waals surface area contributed by atoms with Crippen molar-refractivity contribution in [1.29, 1.82) is 0 Å². The van der Waals surface area contributed by atoms with Gasteiger partial charge >= 0.3 is 0 Å². The number of likely N-dealkylation sites (N-methyl/N-ethyl adjacent to an activating group) is 1. The van der Waals surface area contributed by atoms with Crippen LogP contribution in [0.2, 0.25) is 0 Å². The zero-order valence-electron chi connectivity index (χ0n) is 21.7. The second-order valence-corrected chi connectivity index (χ2v) is 9.89. The van der Waals surface area contributed by atoms with E-state index in [2.05, 4.69) is 54.5 Å². The van der Waals surface area contributed by atoms with E-state index in [0.29, 0.717) is 18.4 Å². The Morgan fingerprint density at radius 1 is 1.09 bits per heavy atom. The average Bonchev–Trinajstić information content (AvgIpc) is 3.23. The van der Waals surface area contributed by atoms with E-state index in [-0.39, 0.29) is 5.91 Å². The maximum atomic E-state index is 12.4. The topological polar surface area (TPSA) is 66.6 Å². The Labute approximate surface area is 209 Å². The van der Waals surface area contributed by atoms with Gasteiger partial charge in [0.1, 0.15) is 0 Å². The monoisotopic (exact) mass is 477 g/mol. The van der Waals surface area contributed by atoms with Crippen LogP contribution in [0.25, 0.3) is 22.2 Å². The Morgan fingerprint density at radius 2 is 1.83 bits per heavy atom. The molecule has 1 aromatic heterocycles. The largest absolute Gasteiger partial charge is 0.493 e. The number of benzene rings is 2. The first-order valence-electron chi connectivity index (χ1n) is 12.8. The molecule has 0 radical (unpaired) electrons. The molecule has 1 saturated heterocycles. The molecule has 2 heterocycles. The molecule has 2 aromatic carbocycles. The first-order valence-corrected chi connectivity index (χ1v) is 12.8. The van der Waals surface area contributed by atoms with Gasteiger partial charge in [0.15, 0.2) is 11.5 Å². The summed E-state index contributed by atoms with van der Waals surface area (Å²) in [5.41, 5.74) is 6.13. The maximum Gasteiger partial charge on any atom is 0.236 e. The molecule has 1 amide bonds. The van der Waals surface area contributed by atoms with Crippen molar-refractivity contribution in [2.75, 3.05) is 40.4 Å². The first kappa shape index (κ1) is 25.1. The summed E-state index contributed by atoms with van der Waals surface area (Å²) in [6.45, 7) is 9.48. The lowest BCUT2D eigenvalue weighted by Gasteiger charge is -2.32. The van der Waals surface area contributed by atoms with Crippen LogP contribution < -0.4 is 14.8 Å². The number of nitrogens with zero attached hydrogens (tertiary/aromatic N) is 1. The predicted octanol–water partition coefficient (Wildman–Crippen LogP) is 5.37. The standard InChI is InChI=1S/C29H39N3O3/c1-6-30-18-28(33)32-13-11-20(12-14-32)21-7-9-25-23(16-21)24(15-19(2)3)29(31-25)22-8-10-26(34-4)27(17-22)35-5/h7-10,16-17,19-20,30-31H,6,11-15,18H2,1-5H3. The Morgan fingerprint density at radius 3 is 2.49 bits per heavy atom. The van der Waals surface area contributed by atoms with E-state index in [0.717, 1.165) is 67.2 Å². The van der Waals surface area contributed by atoms with Gasteiger partial charge in [0.2, 0.25) is 5.91 Å². The van der Waals surface area contributed by atoms with Gasteiger partial charge in [0, 0.05) is 35.2 Å². The van der Waals surface area contributed by atoms with Gasteiger partial charge in [0.25, 0.3) is 0 Å². The molecule has 0 aliphatic carbocycles. The molecule has 0 saturated carbocycles. The lowest BCUT2D eigenvalue weighted by Crippen LogP contribution is -2.42. The third-order valence-electron chi connectivity index (χ3n) is 7.06. The summed E-state index contributed by atoms with van der Waals surface area (Å²) < 4.78 is 11.0. The van der Waals surface area contributed by atoms with Gasteiger partial charge in [-0.15, -0.1) is 0 Å². The minimum absolute atomic E-state index is 0.213. The van der Waals surface area contributed by atoms with Gasteiger partial charge < -0.3 is 24.7 Å². The second-order valence-electron chi connectivity index (χ2n) is 9.89. The molecule has 6 nitrogen and oxygen atoms in total. The summed E-state index contributed by atoms with van der Waals surface area (Å²) in [4.78, 5) is 18.1. The molecule has 6 heteroatoms. The number of methoxy groups -OCH3 is 2. The molecule has 2 N–H and O–H groups in total. The zero-order valence-corrected chi connectivity index (χ0v) is 21.7. The highest BCUT2D eigenvalue weighted by molar-refractivity contribution is 5.91. The highest BCUT2D eigenvalue weighted by atomic mass is 16.5. The van der Waals surface area contributed by atoms with Crippen LogP contribution in [-0.2, 0) is 11.2 Å². The highest BCUT2D eigenvalue weighted by Gasteiger charge is 2.24. The Bertz CT molecular complexity index is 1160. The fourth-order valence-corrected chi connectivity index (χ4v) is 5.18. The Balaban J connectivity index is 1.63. The van der Waals surface area contributed by atoms with Crippen molar-refractivity contribution >= 4 is 16.8 Å². The summed E-state index contributed by atoms with van der Waals surface area (Å²) in [6, 6.07) is 13.0. The number of H-pyrrole nitrogens is 1. The quantitative estimate of drug-likeness (QED) is 0.435. The van der Waals surface area contributed by atoms with E-state index in [4.69, 9.17) is 9.47 Å². The number of fused-ring (bicyclic) bond motifs is 1. The number of rotatable bonds is 9. The van der Waals surface area contributed by atoms with Crippen molar-refractivity contribution in [2.24, 2.45) is 5.92 Å². The van der Waals surface area contributed by atoms with Crippen molar-refractivity contribution < 1.29 is 14.3 Å². The first-order chi connectivity index (χ1) is 16.9. The zero-order chi connectivity index (χ0) is 24.9. The minimum Gasteiger partial charge on any atom is -0.493 e. The lowest BCUT2D eigenvalue weighted by molar-refractivity contribution is -0.131. The van der Waals surface area contributed by atoms with Crippen molar-refractivity contribution in [3.63, 3.8) is 0 Å². The summed E-state index contributed by atoms with van der Waals surface area (Å²) in [5.74, 6) is 2.69. The molecule has 188 valence electrons. The van der Waals surface area contributed by atoms with Crippen molar-refractivity contribution in [3.8, 4) is 22.8 Å². The third kappa shape index (κ3) is 5.48. The fourth-order valence-electron chi connectivity index (χ4n) is 5.18. The molecule has 0 bridgehead atoms. The molecule has 1 aliphatic rings. The van der Waals surface area contributed by atoms with Crippen LogP contribution in [-0.4, -0.2) is 56.2 Å². The number of amides is 1. The van der Waals surface area contributed by atoms with Crippen molar-refractivity contribution in [2.45, 2.75) is 46.0 Å². The molecule has 0 spiro atoms. The summed E-state index contributed by atoms with van der Waals surface area (Å²) in [5, 5.41) is 4.45. The van der Waals surface area contributed by atoms with Crippen molar-refractivity contribution in [1.82, 2.24) is 15.2 Å². The van der Waals surface area contributed by atoms with Gasteiger partial charge in [-0.25, -0.2) is 0 Å². The Kier molecular flexibility index (Phi) is 8.01. The summed E-state index contributed by atoms with van der Waals surface area (Å²) >= 11 is 0. The molecule has 3 aromatic rings. The van der Waals surface area contributed by atoms with Crippen LogP contribution in [0.4, 0.5) is 0 Å². The summed E-state index contributed by atoms with van der Waals surface area (Å²) in [6.07, 6.45) is 3.01. The number of carbonyl (C=O) groups is 1. The number of hydrogen-bond acceptors (Lipinski definition) is 4. The van der Waals surface area contributed by atoms with Crippen LogP contribution >= 0.6 is 0 Å². The van der Waals surface area contributed by atoms with Gasteiger partial charge in [-0.1, -0.05) is 26.8 Å². The predicted molar refractivity (Wildman–Crippen MR) is 142 cm³/mol. The van der Waals surface area contributed by atoms with Gasteiger partial charge in [-0.2, -0.15) is 0 Å². The fraction of sp³-hybridized carbons (Fsp3) is 0.483. The molecular weight excluding hydrogens is 438 g/mol. The van der Waals surface area contributed by atoms with E-state index in [1.54, 1.807) is 14.2 Å². The SMILES string of the molecule is CCNCC(=O)N1CCC(c2ccc3[nH]c(-c4ccc(OC)c(OC)c4)c(CC(C)C)c3c2)CC1. The van der Waals surface area contributed by atoms with Crippen LogP contribution in [0.5, 0.6) is 11.5 Å². The van der Waals surface area contributed by atoms with E-state index < -0.39 is 0 Å². The number of ether oxygens (including phenoxy) is 2. The second kappa shape index (κ2) is 11.2. The van der Waals surface area contributed by atoms with Crippen LogP contribution in [0, 0.1) is 5.92 Å². The maximum absolute atomic E-state index is 12.4. The van der Waals surface area contributed by atoms with Gasteiger partial charge in [-0.05, 0) is 79.1 Å². The number of carbonyl (C=O) groups excluding carboxylic acids is 1. The average molecular weight is 478 g/mol. The molecule has 35 heavy (non-hydrogen) atoms. The molecule has 0 unspecified atom stereocenters. The molecular formula is C29H39N3O3. The Hall–Kier alpha value is -2.99. The number of nitrogens with one attached hydrogen (secondary N) is 2. The normalized spacial score (nSPS) is 14.6. The van der Waals surface area contributed by atoms with Crippen molar-refractivity contribution in [3.05, 3.63) is 47.5 Å². The van der Waals surface area contributed by atoms with E-state index in [1.807, 2.05) is 17.9 Å². The third-order valence-corrected chi connectivity index (χ3v) is 7.06. The van der Waals surface area contributed by atoms with E-state index in [9.17, 15) is 4.79 Å². The lowest BCUT2D eigenvalue weighted by atomic mass is 9.87. The number of aromatic amines is 1. The van der Waals surface area contributed by atoms with Gasteiger partial charge in [-0.3, -0.25) is 4.79 Å². The highest BCUT2D eigenvalue weighted by Crippen LogP contribution is 2.38. The molecule has 0 atom stereocenters. The van der Waals surface area contributed by atoms with E-state index >= 15 is 0 Å². The van der Waals surface area contributed by atoms with Gasteiger partial charge in [0.05, 0.1) is 20.8 Å². The smallest absolute Gasteiger partial charge is 0.236 e. The van der Waals surface area contributed by atoms with Crippen LogP contribution in [0.1, 0.15) is 50.7 Å². The minimum atomic E-state index is 0.213. The number of likely N-dealkylation sites (tertiary alicyclic amines) is 1. The number of hydrogen-bond donors (Lipinski definition) is 2. The van der Waals surface area contributed by atoms with E-state index in [1.165, 1.54) is 16.5 Å². The van der Waals surface area contributed by atoms with Crippen LogP contribution in [0.3, 0.4) is 0 Å². The number of aromatic nitrogens is 1.